The predicted molar refractivity (Wildman–Crippen MR) is 89.7 cm³/mol. The molecular weight excluding hydrogens is 258 g/mol. The van der Waals surface area contributed by atoms with Crippen LogP contribution in [-0.2, 0) is 0 Å². The number of hydrogen-bond donors (Lipinski definition) is 1. The van der Waals surface area contributed by atoms with Crippen LogP contribution in [0.3, 0.4) is 0 Å². The normalized spacial score (nSPS) is 11.4. The molecule has 0 aliphatic heterocycles. The lowest BCUT2D eigenvalue weighted by Gasteiger charge is -2.27. The molecule has 0 atom stereocenters. The summed E-state index contributed by atoms with van der Waals surface area (Å²) in [6, 6.07) is 18.7. The fourth-order valence-electron chi connectivity index (χ4n) is 2.27. The van der Waals surface area contributed by atoms with Crippen LogP contribution in [-0.4, -0.2) is 18.7 Å². The fourth-order valence-corrected chi connectivity index (χ4v) is 2.27. The summed E-state index contributed by atoms with van der Waals surface area (Å²) in [5.41, 5.74) is 2.24. The Hall–Kier alpha value is -1.80. The van der Waals surface area contributed by atoms with E-state index < -0.39 is 0 Å². The molecule has 0 radical (unpaired) electrons. The zero-order chi connectivity index (χ0) is 15.1. The van der Waals surface area contributed by atoms with Gasteiger partial charge in [-0.3, -0.25) is 0 Å². The van der Waals surface area contributed by atoms with E-state index in [0.29, 0.717) is 0 Å². The Bertz CT molecular complexity index is 531. The maximum absolute atomic E-state index is 6.08. The van der Waals surface area contributed by atoms with Crippen LogP contribution < -0.4 is 10.1 Å². The maximum Gasteiger partial charge on any atom is 0.120 e. The van der Waals surface area contributed by atoms with Gasteiger partial charge in [-0.05, 0) is 50.1 Å². The van der Waals surface area contributed by atoms with Crippen LogP contribution >= 0.6 is 0 Å². The molecule has 0 amide bonds. The van der Waals surface area contributed by atoms with E-state index >= 15 is 0 Å². The Morgan fingerprint density at radius 3 is 2.14 bits per heavy atom. The summed E-state index contributed by atoms with van der Waals surface area (Å²) >= 11 is 0. The lowest BCUT2D eigenvalue weighted by atomic mass is 10.1. The summed E-state index contributed by atoms with van der Waals surface area (Å²) < 4.78 is 6.08. The smallest absolute Gasteiger partial charge is 0.120 e. The molecule has 0 saturated heterocycles. The topological polar surface area (TPSA) is 21.3 Å². The van der Waals surface area contributed by atoms with E-state index in [-0.39, 0.29) is 5.60 Å². The van der Waals surface area contributed by atoms with Crippen LogP contribution in [0.2, 0.25) is 0 Å². The van der Waals surface area contributed by atoms with Crippen LogP contribution in [0, 0.1) is 0 Å². The van der Waals surface area contributed by atoms with Gasteiger partial charge in [0.25, 0.3) is 0 Å². The minimum Gasteiger partial charge on any atom is -0.487 e. The number of ether oxygens (including phenoxy) is 1. The highest BCUT2D eigenvalue weighted by molar-refractivity contribution is 5.63. The summed E-state index contributed by atoms with van der Waals surface area (Å²) in [5, 5.41) is 3.41. The van der Waals surface area contributed by atoms with Crippen molar-refractivity contribution in [2.75, 3.05) is 13.1 Å². The third-order valence-electron chi connectivity index (χ3n) is 3.33. The number of rotatable bonds is 7. The van der Waals surface area contributed by atoms with Gasteiger partial charge in [-0.1, -0.05) is 49.4 Å². The van der Waals surface area contributed by atoms with Crippen molar-refractivity contribution < 1.29 is 4.74 Å². The molecule has 0 fully saturated rings. The zero-order valence-electron chi connectivity index (χ0n) is 13.2. The van der Waals surface area contributed by atoms with Crippen LogP contribution in [0.15, 0.2) is 54.6 Å². The van der Waals surface area contributed by atoms with Crippen molar-refractivity contribution in [1.82, 2.24) is 5.32 Å². The molecule has 21 heavy (non-hydrogen) atoms. The first-order valence-electron chi connectivity index (χ1n) is 7.66. The predicted octanol–water partition coefficient (Wildman–Crippen LogP) is 4.51. The Kier molecular flexibility index (Phi) is 5.40. The number of nitrogens with one attached hydrogen (secondary N) is 1. The highest BCUT2D eigenvalue weighted by Crippen LogP contribution is 2.24. The Labute approximate surface area is 128 Å². The van der Waals surface area contributed by atoms with Gasteiger partial charge in [0.05, 0.1) is 0 Å². The average Bonchev–Trinajstić information content (AvgIpc) is 2.49. The monoisotopic (exact) mass is 283 g/mol. The van der Waals surface area contributed by atoms with Crippen molar-refractivity contribution in [1.29, 1.82) is 0 Å². The van der Waals surface area contributed by atoms with E-state index in [1.165, 1.54) is 11.1 Å². The van der Waals surface area contributed by atoms with Crippen molar-refractivity contribution in [3.05, 3.63) is 54.6 Å². The van der Waals surface area contributed by atoms with Crippen molar-refractivity contribution in [2.24, 2.45) is 0 Å². The summed E-state index contributed by atoms with van der Waals surface area (Å²) in [6.07, 6.45) is 1.14. The lowest BCUT2D eigenvalue weighted by molar-refractivity contribution is 0.108. The van der Waals surface area contributed by atoms with Crippen molar-refractivity contribution in [3.63, 3.8) is 0 Å². The zero-order valence-corrected chi connectivity index (χ0v) is 13.2. The highest BCUT2D eigenvalue weighted by Gasteiger charge is 2.19. The lowest BCUT2D eigenvalue weighted by Crippen LogP contribution is -2.40. The largest absolute Gasteiger partial charge is 0.487 e. The molecule has 0 aliphatic rings. The first kappa shape index (κ1) is 15.6. The molecule has 0 aliphatic carbocycles. The van der Waals surface area contributed by atoms with Gasteiger partial charge in [0.2, 0.25) is 0 Å². The van der Waals surface area contributed by atoms with E-state index in [1.807, 2.05) is 18.2 Å². The van der Waals surface area contributed by atoms with Gasteiger partial charge in [0.1, 0.15) is 11.4 Å². The molecule has 1 N–H and O–H groups in total. The fraction of sp³-hybridized carbons (Fsp3) is 0.368. The molecule has 2 aromatic carbocycles. The van der Waals surface area contributed by atoms with E-state index in [9.17, 15) is 0 Å². The first-order chi connectivity index (χ1) is 10.1. The Morgan fingerprint density at radius 2 is 1.52 bits per heavy atom. The molecule has 112 valence electrons. The van der Waals surface area contributed by atoms with E-state index in [4.69, 9.17) is 4.74 Å². The molecule has 0 unspecified atom stereocenters. The summed E-state index contributed by atoms with van der Waals surface area (Å²) in [6.45, 7) is 8.27. The molecule has 2 aromatic rings. The second kappa shape index (κ2) is 7.28. The molecule has 2 heteroatoms. The standard InChI is InChI=1S/C19H25NO/c1-4-14-20-15-19(2,3)21-18-12-10-17(11-13-18)16-8-6-5-7-9-16/h5-13,20H,4,14-15H2,1-3H3. The Morgan fingerprint density at radius 1 is 0.905 bits per heavy atom. The summed E-state index contributed by atoms with van der Waals surface area (Å²) in [5.74, 6) is 0.915. The van der Waals surface area contributed by atoms with Crippen molar-refractivity contribution in [3.8, 4) is 16.9 Å². The van der Waals surface area contributed by atoms with Gasteiger partial charge in [0.15, 0.2) is 0 Å². The van der Waals surface area contributed by atoms with E-state index in [0.717, 1.165) is 25.3 Å². The first-order valence-corrected chi connectivity index (χ1v) is 7.66. The summed E-state index contributed by atoms with van der Waals surface area (Å²) in [7, 11) is 0. The van der Waals surface area contributed by atoms with E-state index in [1.54, 1.807) is 0 Å². The van der Waals surface area contributed by atoms with Gasteiger partial charge in [-0.15, -0.1) is 0 Å². The van der Waals surface area contributed by atoms with Gasteiger partial charge < -0.3 is 10.1 Å². The van der Waals surface area contributed by atoms with Crippen LogP contribution in [0.1, 0.15) is 27.2 Å². The van der Waals surface area contributed by atoms with E-state index in [2.05, 4.69) is 62.5 Å². The molecule has 0 bridgehead atoms. The molecule has 0 spiro atoms. The van der Waals surface area contributed by atoms with Crippen LogP contribution in [0.25, 0.3) is 11.1 Å². The Balaban J connectivity index is 1.99. The molecule has 0 heterocycles. The third kappa shape index (κ3) is 4.91. The third-order valence-corrected chi connectivity index (χ3v) is 3.33. The van der Waals surface area contributed by atoms with Gasteiger partial charge >= 0.3 is 0 Å². The molecule has 0 saturated carbocycles. The highest BCUT2D eigenvalue weighted by atomic mass is 16.5. The summed E-state index contributed by atoms with van der Waals surface area (Å²) in [4.78, 5) is 0. The minimum atomic E-state index is -0.205. The molecule has 0 aromatic heterocycles. The van der Waals surface area contributed by atoms with Crippen molar-refractivity contribution in [2.45, 2.75) is 32.8 Å². The van der Waals surface area contributed by atoms with Crippen LogP contribution in [0.4, 0.5) is 0 Å². The minimum absolute atomic E-state index is 0.205. The van der Waals surface area contributed by atoms with Crippen LogP contribution in [0.5, 0.6) is 5.75 Å². The second-order valence-corrected chi connectivity index (χ2v) is 5.93. The van der Waals surface area contributed by atoms with Gasteiger partial charge in [-0.25, -0.2) is 0 Å². The number of hydrogen-bond acceptors (Lipinski definition) is 2. The second-order valence-electron chi connectivity index (χ2n) is 5.93. The number of benzene rings is 2. The maximum atomic E-state index is 6.08. The quantitative estimate of drug-likeness (QED) is 0.755. The van der Waals surface area contributed by atoms with Gasteiger partial charge in [-0.2, -0.15) is 0 Å². The molecule has 2 rings (SSSR count). The molecular formula is C19H25NO. The van der Waals surface area contributed by atoms with Gasteiger partial charge in [0, 0.05) is 6.54 Å². The average molecular weight is 283 g/mol. The SMILES string of the molecule is CCCNCC(C)(C)Oc1ccc(-c2ccccc2)cc1. The van der Waals surface area contributed by atoms with Crippen molar-refractivity contribution >= 4 is 0 Å². The molecule has 2 nitrogen and oxygen atoms in total.